The van der Waals surface area contributed by atoms with E-state index in [9.17, 15) is 4.79 Å². The number of hydrogen-bond donors (Lipinski definition) is 1. The Morgan fingerprint density at radius 2 is 1.83 bits per heavy atom. The predicted octanol–water partition coefficient (Wildman–Crippen LogP) is 3.52. The number of rotatable bonds is 8. The lowest BCUT2D eigenvalue weighted by atomic mass is 9.99. The van der Waals surface area contributed by atoms with E-state index in [-0.39, 0.29) is 24.2 Å². The normalized spacial score (nSPS) is 11.7. The van der Waals surface area contributed by atoms with Crippen LogP contribution in [0, 0.1) is 0 Å². The van der Waals surface area contributed by atoms with Gasteiger partial charge in [0.25, 0.3) is 0 Å². The molecule has 3 heteroatoms. The highest BCUT2D eigenvalue weighted by molar-refractivity contribution is 5.85. The highest BCUT2D eigenvalue weighted by Gasteiger charge is 2.13. The fourth-order valence-electron chi connectivity index (χ4n) is 1.89. The summed E-state index contributed by atoms with van der Waals surface area (Å²) in [4.78, 5) is 11.8. The molecule has 0 spiro atoms. The molecule has 0 radical (unpaired) electrons. The standard InChI is InChI=1S/C15H23NO.ClH/c1-2-3-4-8-11-15(17)14(16)12-13-9-6-5-7-10-13;/h5-7,9-10,14H,2-4,8,11-12,16H2,1H3;1H. The van der Waals surface area contributed by atoms with Gasteiger partial charge >= 0.3 is 0 Å². The van der Waals surface area contributed by atoms with E-state index in [0.717, 1.165) is 18.4 Å². The van der Waals surface area contributed by atoms with Gasteiger partial charge in [0.15, 0.2) is 0 Å². The summed E-state index contributed by atoms with van der Waals surface area (Å²) in [5.74, 6) is 0.199. The maximum Gasteiger partial charge on any atom is 0.149 e. The maximum absolute atomic E-state index is 11.8. The monoisotopic (exact) mass is 269 g/mol. The molecule has 2 N–H and O–H groups in total. The summed E-state index contributed by atoms with van der Waals surface area (Å²) in [7, 11) is 0. The maximum atomic E-state index is 11.8. The number of carbonyl (C=O) groups excluding carboxylic acids is 1. The summed E-state index contributed by atoms with van der Waals surface area (Å²) < 4.78 is 0. The number of hydrogen-bond acceptors (Lipinski definition) is 2. The number of Topliss-reactive ketones (excluding diaryl/α,β-unsaturated/α-hetero) is 1. The van der Waals surface area contributed by atoms with E-state index in [2.05, 4.69) is 6.92 Å². The third kappa shape index (κ3) is 6.77. The van der Waals surface area contributed by atoms with Crippen LogP contribution in [0.3, 0.4) is 0 Å². The van der Waals surface area contributed by atoms with Crippen LogP contribution in [0.25, 0.3) is 0 Å². The molecule has 102 valence electrons. The van der Waals surface area contributed by atoms with Gasteiger partial charge < -0.3 is 5.73 Å². The second kappa shape index (κ2) is 10.1. The smallest absolute Gasteiger partial charge is 0.149 e. The van der Waals surface area contributed by atoms with Crippen molar-refractivity contribution in [1.82, 2.24) is 0 Å². The summed E-state index contributed by atoms with van der Waals surface area (Å²) in [6.07, 6.45) is 5.82. The lowest BCUT2D eigenvalue weighted by Crippen LogP contribution is -2.32. The molecule has 0 aromatic heterocycles. The molecule has 0 amide bonds. The van der Waals surface area contributed by atoms with Gasteiger partial charge in [-0.3, -0.25) is 4.79 Å². The summed E-state index contributed by atoms with van der Waals surface area (Å²) in [6, 6.07) is 9.64. The molecular formula is C15H24ClNO. The molecule has 0 heterocycles. The first-order chi connectivity index (χ1) is 8.24. The molecule has 0 bridgehead atoms. The second-order valence-corrected chi connectivity index (χ2v) is 4.57. The summed E-state index contributed by atoms with van der Waals surface area (Å²) >= 11 is 0. The van der Waals surface area contributed by atoms with Crippen molar-refractivity contribution in [1.29, 1.82) is 0 Å². The van der Waals surface area contributed by atoms with Crippen LogP contribution in [-0.2, 0) is 11.2 Å². The average molecular weight is 270 g/mol. The van der Waals surface area contributed by atoms with Crippen LogP contribution in [-0.4, -0.2) is 11.8 Å². The van der Waals surface area contributed by atoms with Gasteiger partial charge in [-0.25, -0.2) is 0 Å². The van der Waals surface area contributed by atoms with Crippen LogP contribution in [0.15, 0.2) is 30.3 Å². The Morgan fingerprint density at radius 1 is 1.17 bits per heavy atom. The highest BCUT2D eigenvalue weighted by atomic mass is 35.5. The predicted molar refractivity (Wildman–Crippen MR) is 79.1 cm³/mol. The minimum absolute atomic E-state index is 0. The molecule has 0 aliphatic rings. The van der Waals surface area contributed by atoms with Crippen molar-refractivity contribution in [3.63, 3.8) is 0 Å². The molecule has 0 fully saturated rings. The molecule has 1 aromatic rings. The van der Waals surface area contributed by atoms with Crippen LogP contribution in [0.4, 0.5) is 0 Å². The van der Waals surface area contributed by atoms with Crippen LogP contribution >= 0.6 is 12.4 Å². The minimum atomic E-state index is -0.334. The quantitative estimate of drug-likeness (QED) is 0.734. The van der Waals surface area contributed by atoms with E-state index in [1.54, 1.807) is 0 Å². The Morgan fingerprint density at radius 3 is 2.44 bits per heavy atom. The van der Waals surface area contributed by atoms with Crippen molar-refractivity contribution in [2.45, 2.75) is 51.5 Å². The number of nitrogens with two attached hydrogens (primary N) is 1. The highest BCUT2D eigenvalue weighted by Crippen LogP contribution is 2.07. The molecule has 0 saturated carbocycles. The first kappa shape index (κ1) is 17.1. The summed E-state index contributed by atoms with van der Waals surface area (Å²) in [6.45, 7) is 2.17. The molecule has 0 aliphatic carbocycles. The Hall–Kier alpha value is -0.860. The number of benzene rings is 1. The Kier molecular flexibility index (Phi) is 9.62. The fourth-order valence-corrected chi connectivity index (χ4v) is 1.89. The molecular weight excluding hydrogens is 246 g/mol. The Bertz CT molecular complexity index is 327. The van der Waals surface area contributed by atoms with E-state index in [1.165, 1.54) is 12.8 Å². The molecule has 18 heavy (non-hydrogen) atoms. The van der Waals surface area contributed by atoms with Crippen molar-refractivity contribution in [3.8, 4) is 0 Å². The lowest BCUT2D eigenvalue weighted by Gasteiger charge is -2.10. The van der Waals surface area contributed by atoms with Gasteiger partial charge in [0, 0.05) is 6.42 Å². The molecule has 1 aromatic carbocycles. The van der Waals surface area contributed by atoms with Crippen LogP contribution < -0.4 is 5.73 Å². The lowest BCUT2D eigenvalue weighted by molar-refractivity contribution is -0.120. The second-order valence-electron chi connectivity index (χ2n) is 4.57. The van der Waals surface area contributed by atoms with Crippen LogP contribution in [0.5, 0.6) is 0 Å². The largest absolute Gasteiger partial charge is 0.321 e. The molecule has 0 saturated heterocycles. The fraction of sp³-hybridized carbons (Fsp3) is 0.533. The van der Waals surface area contributed by atoms with Crippen molar-refractivity contribution >= 4 is 18.2 Å². The first-order valence-electron chi connectivity index (χ1n) is 6.56. The zero-order valence-electron chi connectivity index (χ0n) is 11.1. The van der Waals surface area contributed by atoms with E-state index in [4.69, 9.17) is 5.73 Å². The van der Waals surface area contributed by atoms with E-state index >= 15 is 0 Å². The Balaban J connectivity index is 0.00000289. The first-order valence-corrected chi connectivity index (χ1v) is 6.56. The third-order valence-electron chi connectivity index (χ3n) is 2.99. The Labute approximate surface area is 116 Å². The zero-order valence-corrected chi connectivity index (χ0v) is 11.9. The van der Waals surface area contributed by atoms with Crippen molar-refractivity contribution < 1.29 is 4.79 Å². The summed E-state index contributed by atoms with van der Waals surface area (Å²) in [5, 5.41) is 0. The molecule has 1 unspecified atom stereocenters. The van der Waals surface area contributed by atoms with E-state index in [1.807, 2.05) is 30.3 Å². The third-order valence-corrected chi connectivity index (χ3v) is 2.99. The summed E-state index contributed by atoms with van der Waals surface area (Å²) in [5.41, 5.74) is 7.06. The zero-order chi connectivity index (χ0) is 12.5. The van der Waals surface area contributed by atoms with Gasteiger partial charge in [-0.2, -0.15) is 0 Å². The molecule has 1 rings (SSSR count). The molecule has 2 nitrogen and oxygen atoms in total. The van der Waals surface area contributed by atoms with Gasteiger partial charge in [0.1, 0.15) is 5.78 Å². The topological polar surface area (TPSA) is 43.1 Å². The van der Waals surface area contributed by atoms with Crippen molar-refractivity contribution in [2.75, 3.05) is 0 Å². The molecule has 0 aliphatic heterocycles. The van der Waals surface area contributed by atoms with Gasteiger partial charge in [-0.1, -0.05) is 56.5 Å². The van der Waals surface area contributed by atoms with Crippen LogP contribution in [0.1, 0.15) is 44.6 Å². The van der Waals surface area contributed by atoms with Gasteiger partial charge in [-0.05, 0) is 18.4 Å². The van der Waals surface area contributed by atoms with Crippen molar-refractivity contribution in [2.24, 2.45) is 5.73 Å². The van der Waals surface area contributed by atoms with Gasteiger partial charge in [0.2, 0.25) is 0 Å². The number of unbranched alkanes of at least 4 members (excludes halogenated alkanes) is 3. The van der Waals surface area contributed by atoms with Gasteiger partial charge in [0.05, 0.1) is 6.04 Å². The van der Waals surface area contributed by atoms with Crippen LogP contribution in [0.2, 0.25) is 0 Å². The van der Waals surface area contributed by atoms with Crippen molar-refractivity contribution in [3.05, 3.63) is 35.9 Å². The van der Waals surface area contributed by atoms with E-state index < -0.39 is 0 Å². The average Bonchev–Trinajstić information content (AvgIpc) is 2.35. The minimum Gasteiger partial charge on any atom is -0.321 e. The number of ketones is 1. The van der Waals surface area contributed by atoms with Gasteiger partial charge in [-0.15, -0.1) is 12.4 Å². The number of carbonyl (C=O) groups is 1. The molecule has 1 atom stereocenters. The van der Waals surface area contributed by atoms with E-state index in [0.29, 0.717) is 12.8 Å². The SMILES string of the molecule is CCCCCCC(=O)C(N)Cc1ccccc1.Cl. The number of halogens is 1.